The van der Waals surface area contributed by atoms with Gasteiger partial charge in [0, 0.05) is 17.3 Å². The average molecular weight is 379 g/mol. The second kappa shape index (κ2) is 7.58. The van der Waals surface area contributed by atoms with Crippen LogP contribution in [0.3, 0.4) is 0 Å². The van der Waals surface area contributed by atoms with Gasteiger partial charge in [0.1, 0.15) is 11.6 Å². The fourth-order valence-electron chi connectivity index (χ4n) is 2.17. The monoisotopic (exact) mass is 378 g/mol. The summed E-state index contributed by atoms with van der Waals surface area (Å²) >= 11 is 11.0. The fourth-order valence-corrected chi connectivity index (χ4v) is 2.52. The van der Waals surface area contributed by atoms with Crippen LogP contribution in [0.1, 0.15) is 5.56 Å². The van der Waals surface area contributed by atoms with Crippen molar-refractivity contribution in [2.24, 2.45) is 0 Å². The van der Waals surface area contributed by atoms with Gasteiger partial charge < -0.3 is 10.6 Å². The Kier molecular flexibility index (Phi) is 5.25. The van der Waals surface area contributed by atoms with E-state index in [-0.39, 0.29) is 10.8 Å². The predicted molar refractivity (Wildman–Crippen MR) is 99.0 cm³/mol. The van der Waals surface area contributed by atoms with Gasteiger partial charge in [0.05, 0.1) is 24.1 Å². The zero-order valence-corrected chi connectivity index (χ0v) is 14.4. The maximum Gasteiger partial charge on any atom is 0.175 e. The van der Waals surface area contributed by atoms with Crippen LogP contribution in [-0.4, -0.2) is 14.9 Å². The van der Waals surface area contributed by atoms with Gasteiger partial charge in [-0.25, -0.2) is 8.78 Å². The second-order valence-corrected chi connectivity index (χ2v) is 6.10. The van der Waals surface area contributed by atoms with Gasteiger partial charge in [-0.2, -0.15) is 5.10 Å². The first-order valence-corrected chi connectivity index (χ1v) is 8.08. The molecule has 0 amide bonds. The van der Waals surface area contributed by atoms with E-state index in [1.165, 1.54) is 6.07 Å². The Hall–Kier alpha value is -2.51. The van der Waals surface area contributed by atoms with Crippen LogP contribution in [-0.2, 0) is 6.54 Å². The standard InChI is InChI=1S/C17H13ClF2N4S/c18-12-3-1-11(2-4-12)9-24-10-14(8-21-24)22-17(25)23-16-6-5-13(19)7-15(16)20/h1-8,10H,9H2,(H2,22,23,25). The van der Waals surface area contributed by atoms with Gasteiger partial charge in [-0.1, -0.05) is 23.7 Å². The Morgan fingerprint density at radius 3 is 2.60 bits per heavy atom. The number of nitrogens with zero attached hydrogens (tertiary/aromatic N) is 2. The lowest BCUT2D eigenvalue weighted by molar-refractivity contribution is 0.586. The highest BCUT2D eigenvalue weighted by molar-refractivity contribution is 7.80. The summed E-state index contributed by atoms with van der Waals surface area (Å²) in [7, 11) is 0. The smallest absolute Gasteiger partial charge is 0.175 e. The zero-order chi connectivity index (χ0) is 17.8. The summed E-state index contributed by atoms with van der Waals surface area (Å²) in [5.41, 5.74) is 1.79. The van der Waals surface area contributed by atoms with Gasteiger partial charge in [-0.15, -0.1) is 0 Å². The summed E-state index contributed by atoms with van der Waals surface area (Å²) in [5.74, 6) is -1.37. The molecule has 0 fully saturated rings. The first kappa shape index (κ1) is 17.3. The van der Waals surface area contributed by atoms with Crippen LogP contribution < -0.4 is 10.6 Å². The molecule has 0 unspecified atom stereocenters. The van der Waals surface area contributed by atoms with Crippen molar-refractivity contribution in [2.75, 3.05) is 10.6 Å². The van der Waals surface area contributed by atoms with Crippen molar-refractivity contribution >= 4 is 40.3 Å². The summed E-state index contributed by atoms with van der Waals surface area (Å²) in [4.78, 5) is 0. The van der Waals surface area contributed by atoms with Gasteiger partial charge in [0.15, 0.2) is 5.11 Å². The molecule has 0 aliphatic heterocycles. The van der Waals surface area contributed by atoms with Crippen LogP contribution in [0.2, 0.25) is 5.02 Å². The predicted octanol–water partition coefficient (Wildman–Crippen LogP) is 4.67. The summed E-state index contributed by atoms with van der Waals surface area (Å²) < 4.78 is 28.2. The summed E-state index contributed by atoms with van der Waals surface area (Å²) in [6.07, 6.45) is 3.37. The number of thiocarbonyl (C=S) groups is 1. The maximum absolute atomic E-state index is 13.6. The van der Waals surface area contributed by atoms with Crippen molar-refractivity contribution in [3.8, 4) is 0 Å². The normalized spacial score (nSPS) is 10.5. The van der Waals surface area contributed by atoms with Gasteiger partial charge >= 0.3 is 0 Å². The molecule has 2 N–H and O–H groups in total. The number of hydrogen-bond acceptors (Lipinski definition) is 2. The van der Waals surface area contributed by atoms with Crippen LogP contribution in [0.4, 0.5) is 20.2 Å². The van der Waals surface area contributed by atoms with Crippen LogP contribution in [0.15, 0.2) is 54.9 Å². The molecule has 3 aromatic rings. The van der Waals surface area contributed by atoms with Crippen molar-refractivity contribution in [1.82, 2.24) is 9.78 Å². The Bertz CT molecular complexity index is 896. The maximum atomic E-state index is 13.6. The number of aromatic nitrogens is 2. The molecule has 3 rings (SSSR count). The summed E-state index contributed by atoms with van der Waals surface area (Å²) in [6.45, 7) is 0.575. The Morgan fingerprint density at radius 2 is 1.88 bits per heavy atom. The van der Waals surface area contributed by atoms with E-state index < -0.39 is 11.6 Å². The van der Waals surface area contributed by atoms with Crippen molar-refractivity contribution in [2.45, 2.75) is 6.54 Å². The third kappa shape index (κ3) is 4.74. The second-order valence-electron chi connectivity index (χ2n) is 5.26. The zero-order valence-electron chi connectivity index (χ0n) is 12.8. The molecule has 0 atom stereocenters. The lowest BCUT2D eigenvalue weighted by Gasteiger charge is -2.09. The Labute approximate surface area is 153 Å². The molecule has 2 aromatic carbocycles. The third-order valence-electron chi connectivity index (χ3n) is 3.33. The van der Waals surface area contributed by atoms with E-state index in [1.54, 1.807) is 17.1 Å². The molecule has 1 aromatic heterocycles. The van der Waals surface area contributed by atoms with Crippen molar-refractivity contribution in [1.29, 1.82) is 0 Å². The lowest BCUT2D eigenvalue weighted by Crippen LogP contribution is -2.19. The van der Waals surface area contributed by atoms with Gasteiger partial charge in [0.2, 0.25) is 0 Å². The quantitative estimate of drug-likeness (QED) is 0.647. The highest BCUT2D eigenvalue weighted by Crippen LogP contribution is 2.16. The summed E-state index contributed by atoms with van der Waals surface area (Å²) in [6, 6.07) is 10.7. The molecular formula is C17H13ClF2N4S. The van der Waals surface area contributed by atoms with Gasteiger partial charge in [-0.05, 0) is 42.0 Å². The topological polar surface area (TPSA) is 41.9 Å². The molecule has 8 heteroatoms. The van der Waals surface area contributed by atoms with Crippen LogP contribution >= 0.6 is 23.8 Å². The van der Waals surface area contributed by atoms with E-state index in [0.29, 0.717) is 17.3 Å². The van der Waals surface area contributed by atoms with Crippen molar-refractivity contribution in [3.05, 3.63) is 77.1 Å². The minimum atomic E-state index is -0.720. The van der Waals surface area contributed by atoms with Crippen molar-refractivity contribution < 1.29 is 8.78 Å². The summed E-state index contributed by atoms with van der Waals surface area (Å²) in [5, 5.41) is 10.7. The number of rotatable bonds is 4. The number of benzene rings is 2. The minimum absolute atomic E-state index is 0.0902. The molecule has 0 bridgehead atoms. The van der Waals surface area contributed by atoms with E-state index in [4.69, 9.17) is 23.8 Å². The number of hydrogen-bond donors (Lipinski definition) is 2. The Morgan fingerprint density at radius 1 is 1.12 bits per heavy atom. The molecule has 0 saturated heterocycles. The third-order valence-corrected chi connectivity index (χ3v) is 3.78. The van der Waals surface area contributed by atoms with E-state index in [0.717, 1.165) is 17.7 Å². The molecular weight excluding hydrogens is 366 g/mol. The van der Waals surface area contributed by atoms with Crippen molar-refractivity contribution in [3.63, 3.8) is 0 Å². The molecule has 1 heterocycles. The molecule has 4 nitrogen and oxygen atoms in total. The number of anilines is 2. The van der Waals surface area contributed by atoms with Gasteiger partial charge in [0.25, 0.3) is 0 Å². The molecule has 0 saturated carbocycles. The van der Waals surface area contributed by atoms with Crippen LogP contribution in [0, 0.1) is 11.6 Å². The highest BCUT2D eigenvalue weighted by Gasteiger charge is 2.07. The SMILES string of the molecule is Fc1ccc(NC(=S)Nc2cnn(Cc3ccc(Cl)cc3)c2)c(F)c1. The van der Waals surface area contributed by atoms with Crippen LogP contribution in [0.25, 0.3) is 0 Å². The largest absolute Gasteiger partial charge is 0.330 e. The minimum Gasteiger partial charge on any atom is -0.330 e. The van der Waals surface area contributed by atoms with E-state index in [1.807, 2.05) is 24.3 Å². The molecule has 25 heavy (non-hydrogen) atoms. The first-order chi connectivity index (χ1) is 12.0. The van der Waals surface area contributed by atoms with E-state index in [9.17, 15) is 8.78 Å². The molecule has 0 aliphatic carbocycles. The van der Waals surface area contributed by atoms with E-state index in [2.05, 4.69) is 15.7 Å². The van der Waals surface area contributed by atoms with Crippen LogP contribution in [0.5, 0.6) is 0 Å². The molecule has 0 spiro atoms. The first-order valence-electron chi connectivity index (χ1n) is 7.29. The Balaban J connectivity index is 1.60. The molecule has 0 radical (unpaired) electrons. The average Bonchev–Trinajstić information content (AvgIpc) is 2.99. The van der Waals surface area contributed by atoms with E-state index >= 15 is 0 Å². The molecule has 128 valence electrons. The lowest BCUT2D eigenvalue weighted by atomic mass is 10.2. The highest BCUT2D eigenvalue weighted by atomic mass is 35.5. The number of halogens is 3. The molecule has 0 aliphatic rings. The fraction of sp³-hybridized carbons (Fsp3) is 0.0588. The number of nitrogens with one attached hydrogen (secondary N) is 2. The van der Waals surface area contributed by atoms with Gasteiger partial charge in [-0.3, -0.25) is 4.68 Å².